The number of carbonyl (C=O) groups is 1. The second-order valence-corrected chi connectivity index (χ2v) is 8.64. The summed E-state index contributed by atoms with van der Waals surface area (Å²) in [6.07, 6.45) is 2.96. The van der Waals surface area contributed by atoms with Gasteiger partial charge in [-0.3, -0.25) is 4.79 Å². The predicted octanol–water partition coefficient (Wildman–Crippen LogP) is 2.31. The van der Waals surface area contributed by atoms with Crippen molar-refractivity contribution in [2.24, 2.45) is 5.92 Å². The molecule has 31 heavy (non-hydrogen) atoms. The molecule has 1 saturated carbocycles. The maximum absolute atomic E-state index is 12.6. The quantitative estimate of drug-likeness (QED) is 0.682. The Morgan fingerprint density at radius 2 is 1.84 bits per heavy atom. The van der Waals surface area contributed by atoms with E-state index in [4.69, 9.17) is 14.2 Å². The van der Waals surface area contributed by atoms with Crippen LogP contribution in [0.2, 0.25) is 0 Å². The fourth-order valence-electron chi connectivity index (χ4n) is 4.75. The predicted molar refractivity (Wildman–Crippen MR) is 119 cm³/mol. The highest BCUT2D eigenvalue weighted by Gasteiger charge is 2.39. The zero-order valence-electron chi connectivity index (χ0n) is 18.9. The Balaban J connectivity index is 1.67. The van der Waals surface area contributed by atoms with Gasteiger partial charge in [-0.1, -0.05) is 12.1 Å². The van der Waals surface area contributed by atoms with Crippen molar-refractivity contribution in [1.29, 1.82) is 0 Å². The third-order valence-electron chi connectivity index (χ3n) is 6.52. The Hall–Kier alpha value is -2.73. The molecular weight excluding hydrogens is 392 g/mol. The standard InChI is InChI=1S/C25H32N2O4/c1-16(26-25(28)18-8-9-18)24-21-14-23(31-4)22(30-3)13-19(21)10-11-27(24)15-17-6-5-7-20(12-17)29-2/h5-7,12-14,16,18,24H,8-11,15H2,1-4H3,(H,26,28)/p+1/t16-,24-/m1/s1. The molecule has 0 radical (unpaired) electrons. The molecule has 0 bridgehead atoms. The minimum Gasteiger partial charge on any atom is -0.497 e. The van der Waals surface area contributed by atoms with Gasteiger partial charge in [0.25, 0.3) is 0 Å². The Labute approximate surface area is 184 Å². The van der Waals surface area contributed by atoms with Gasteiger partial charge in [0, 0.05) is 23.5 Å². The van der Waals surface area contributed by atoms with Gasteiger partial charge in [0.05, 0.1) is 33.9 Å². The molecule has 0 saturated heterocycles. The molecular formula is C25H33N2O4+. The lowest BCUT2D eigenvalue weighted by atomic mass is 9.87. The first-order valence-corrected chi connectivity index (χ1v) is 11.1. The number of hydrogen-bond acceptors (Lipinski definition) is 4. The fourth-order valence-corrected chi connectivity index (χ4v) is 4.75. The van der Waals surface area contributed by atoms with Gasteiger partial charge in [0.1, 0.15) is 18.3 Å². The summed E-state index contributed by atoms with van der Waals surface area (Å²) in [5.41, 5.74) is 3.72. The minimum absolute atomic E-state index is 0.00542. The van der Waals surface area contributed by atoms with Gasteiger partial charge in [0.2, 0.25) is 5.91 Å². The Morgan fingerprint density at radius 1 is 1.10 bits per heavy atom. The van der Waals surface area contributed by atoms with E-state index in [9.17, 15) is 4.79 Å². The van der Waals surface area contributed by atoms with Crippen molar-refractivity contribution in [2.75, 3.05) is 27.9 Å². The summed E-state index contributed by atoms with van der Waals surface area (Å²) in [5.74, 6) is 2.73. The van der Waals surface area contributed by atoms with E-state index in [-0.39, 0.29) is 23.9 Å². The van der Waals surface area contributed by atoms with Crippen LogP contribution < -0.4 is 24.4 Å². The first kappa shape index (κ1) is 21.5. The van der Waals surface area contributed by atoms with E-state index in [1.165, 1.54) is 21.6 Å². The van der Waals surface area contributed by atoms with Crippen molar-refractivity contribution in [3.8, 4) is 17.2 Å². The van der Waals surface area contributed by atoms with Gasteiger partial charge in [-0.25, -0.2) is 0 Å². The molecule has 6 nitrogen and oxygen atoms in total. The van der Waals surface area contributed by atoms with Crippen LogP contribution in [0.4, 0.5) is 0 Å². The van der Waals surface area contributed by atoms with E-state index < -0.39 is 0 Å². The highest BCUT2D eigenvalue weighted by Crippen LogP contribution is 2.35. The summed E-state index contributed by atoms with van der Waals surface area (Å²) in [6.45, 7) is 3.97. The number of amides is 1. The van der Waals surface area contributed by atoms with E-state index in [1.54, 1.807) is 21.3 Å². The maximum atomic E-state index is 12.6. The lowest BCUT2D eigenvalue weighted by molar-refractivity contribution is -0.948. The number of hydrogen-bond donors (Lipinski definition) is 2. The molecule has 1 fully saturated rings. The van der Waals surface area contributed by atoms with Crippen LogP contribution >= 0.6 is 0 Å². The zero-order valence-corrected chi connectivity index (χ0v) is 18.9. The lowest BCUT2D eigenvalue weighted by Crippen LogP contribution is -3.13. The summed E-state index contributed by atoms with van der Waals surface area (Å²) in [5, 5.41) is 3.30. The summed E-state index contributed by atoms with van der Waals surface area (Å²) < 4.78 is 16.6. The molecule has 1 heterocycles. The van der Waals surface area contributed by atoms with Crippen LogP contribution in [0.3, 0.4) is 0 Å². The smallest absolute Gasteiger partial charge is 0.223 e. The third-order valence-corrected chi connectivity index (χ3v) is 6.52. The van der Waals surface area contributed by atoms with Crippen LogP contribution in [-0.4, -0.2) is 39.8 Å². The van der Waals surface area contributed by atoms with Crippen molar-refractivity contribution in [2.45, 2.75) is 44.8 Å². The first-order chi connectivity index (χ1) is 15.0. The minimum atomic E-state index is 0.00542. The summed E-state index contributed by atoms with van der Waals surface area (Å²) in [6, 6.07) is 12.6. The third kappa shape index (κ3) is 4.64. The van der Waals surface area contributed by atoms with E-state index in [1.807, 2.05) is 12.1 Å². The molecule has 1 aliphatic heterocycles. The number of ether oxygens (including phenoxy) is 3. The fraction of sp³-hybridized carbons (Fsp3) is 0.480. The average molecular weight is 426 g/mol. The van der Waals surface area contributed by atoms with Crippen LogP contribution in [0.15, 0.2) is 36.4 Å². The highest BCUT2D eigenvalue weighted by atomic mass is 16.5. The second-order valence-electron chi connectivity index (χ2n) is 8.64. The van der Waals surface area contributed by atoms with E-state index in [0.29, 0.717) is 0 Å². The van der Waals surface area contributed by atoms with Crippen LogP contribution in [0.1, 0.15) is 42.5 Å². The number of nitrogens with one attached hydrogen (secondary N) is 2. The number of fused-ring (bicyclic) bond motifs is 1. The molecule has 1 unspecified atom stereocenters. The van der Waals surface area contributed by atoms with Gasteiger partial charge in [-0.05, 0) is 49.6 Å². The monoisotopic (exact) mass is 425 g/mol. The van der Waals surface area contributed by atoms with Crippen molar-refractivity contribution >= 4 is 5.91 Å². The summed E-state index contributed by atoms with van der Waals surface area (Å²) in [7, 11) is 5.03. The van der Waals surface area contributed by atoms with Crippen LogP contribution in [-0.2, 0) is 17.8 Å². The lowest BCUT2D eigenvalue weighted by Gasteiger charge is -2.38. The molecule has 3 atom stereocenters. The SMILES string of the molecule is COc1cccc(C[NH+]2CCc3cc(OC)c(OC)cc3[C@H]2[C@@H](C)NC(=O)C2CC2)c1. The molecule has 0 aromatic heterocycles. The number of carbonyl (C=O) groups excluding carboxylic acids is 1. The molecule has 2 aliphatic rings. The highest BCUT2D eigenvalue weighted by molar-refractivity contribution is 5.81. The maximum Gasteiger partial charge on any atom is 0.223 e. The number of methoxy groups -OCH3 is 3. The first-order valence-electron chi connectivity index (χ1n) is 11.1. The second kappa shape index (κ2) is 9.18. The molecule has 2 aromatic rings. The van der Waals surface area contributed by atoms with E-state index in [2.05, 4.69) is 36.5 Å². The molecule has 2 aromatic carbocycles. The van der Waals surface area contributed by atoms with Gasteiger partial charge >= 0.3 is 0 Å². The molecule has 4 rings (SSSR count). The molecule has 166 valence electrons. The molecule has 1 aliphatic carbocycles. The molecule has 6 heteroatoms. The average Bonchev–Trinajstić information content (AvgIpc) is 3.63. The summed E-state index contributed by atoms with van der Waals surface area (Å²) in [4.78, 5) is 14.0. The van der Waals surface area contributed by atoms with Crippen molar-refractivity contribution < 1.29 is 23.9 Å². The van der Waals surface area contributed by atoms with Gasteiger partial charge < -0.3 is 24.4 Å². The largest absolute Gasteiger partial charge is 0.497 e. The van der Waals surface area contributed by atoms with Gasteiger partial charge in [-0.2, -0.15) is 0 Å². The molecule has 1 amide bonds. The van der Waals surface area contributed by atoms with Crippen LogP contribution in [0.5, 0.6) is 17.2 Å². The van der Waals surface area contributed by atoms with Crippen molar-refractivity contribution in [3.63, 3.8) is 0 Å². The Morgan fingerprint density at radius 3 is 2.52 bits per heavy atom. The van der Waals surface area contributed by atoms with E-state index in [0.717, 1.165) is 49.6 Å². The van der Waals surface area contributed by atoms with Crippen LogP contribution in [0.25, 0.3) is 0 Å². The molecule has 0 spiro atoms. The Bertz CT molecular complexity index is 941. The van der Waals surface area contributed by atoms with E-state index >= 15 is 0 Å². The van der Waals surface area contributed by atoms with Gasteiger partial charge in [0.15, 0.2) is 11.5 Å². The van der Waals surface area contributed by atoms with Gasteiger partial charge in [-0.15, -0.1) is 0 Å². The molecule has 2 N–H and O–H groups in total. The topological polar surface area (TPSA) is 61.2 Å². The van der Waals surface area contributed by atoms with Crippen molar-refractivity contribution in [1.82, 2.24) is 5.32 Å². The normalized spacial score (nSPS) is 21.0. The number of quaternary nitrogens is 1. The zero-order chi connectivity index (χ0) is 22.0. The Kier molecular flexibility index (Phi) is 6.37. The van der Waals surface area contributed by atoms with Crippen molar-refractivity contribution in [3.05, 3.63) is 53.1 Å². The summed E-state index contributed by atoms with van der Waals surface area (Å²) >= 11 is 0. The number of rotatable bonds is 8. The number of benzene rings is 2. The van der Waals surface area contributed by atoms with Crippen LogP contribution in [0, 0.1) is 5.92 Å².